The SMILES string of the molecule is N[C@H]1CC[C@H](CNc2nc(NCc3ccccc3Cl)ncc2[N+](=O)[O-])CC1. The topological polar surface area (TPSA) is 119 Å². The maximum Gasteiger partial charge on any atom is 0.329 e. The van der Waals surface area contributed by atoms with Crippen molar-refractivity contribution in [3.05, 3.63) is 51.2 Å². The fourth-order valence-electron chi connectivity index (χ4n) is 3.17. The number of halogens is 1. The summed E-state index contributed by atoms with van der Waals surface area (Å²) < 4.78 is 0. The summed E-state index contributed by atoms with van der Waals surface area (Å²) in [6.07, 6.45) is 5.24. The van der Waals surface area contributed by atoms with Gasteiger partial charge in [-0.15, -0.1) is 0 Å². The smallest absolute Gasteiger partial charge is 0.329 e. The summed E-state index contributed by atoms with van der Waals surface area (Å²) in [6, 6.07) is 7.72. The lowest BCUT2D eigenvalue weighted by atomic mass is 9.86. The Bertz CT molecular complexity index is 795. The van der Waals surface area contributed by atoms with Gasteiger partial charge < -0.3 is 16.4 Å². The van der Waals surface area contributed by atoms with Crippen molar-refractivity contribution in [1.82, 2.24) is 9.97 Å². The molecule has 0 amide bonds. The van der Waals surface area contributed by atoms with Gasteiger partial charge in [-0.05, 0) is 43.2 Å². The Hall–Kier alpha value is -2.45. The van der Waals surface area contributed by atoms with Crippen LogP contribution in [0.3, 0.4) is 0 Å². The van der Waals surface area contributed by atoms with Crippen LogP contribution in [0, 0.1) is 16.0 Å². The quantitative estimate of drug-likeness (QED) is 0.488. The molecule has 0 saturated heterocycles. The molecule has 144 valence electrons. The zero-order valence-electron chi connectivity index (χ0n) is 14.9. The van der Waals surface area contributed by atoms with E-state index in [1.54, 1.807) is 6.07 Å². The molecule has 1 aromatic heterocycles. The van der Waals surface area contributed by atoms with E-state index in [9.17, 15) is 10.1 Å². The summed E-state index contributed by atoms with van der Waals surface area (Å²) in [4.78, 5) is 19.1. The van der Waals surface area contributed by atoms with E-state index in [0.717, 1.165) is 31.2 Å². The maximum atomic E-state index is 11.3. The van der Waals surface area contributed by atoms with Gasteiger partial charge in [0.2, 0.25) is 11.8 Å². The molecular formula is C18H23ClN6O2. The molecule has 9 heteroatoms. The van der Waals surface area contributed by atoms with E-state index in [0.29, 0.717) is 30.0 Å². The highest BCUT2D eigenvalue weighted by atomic mass is 35.5. The van der Waals surface area contributed by atoms with Crippen LogP contribution in [0.1, 0.15) is 31.2 Å². The van der Waals surface area contributed by atoms with Crippen LogP contribution in [0.25, 0.3) is 0 Å². The first-order valence-electron chi connectivity index (χ1n) is 9.01. The minimum atomic E-state index is -0.475. The maximum absolute atomic E-state index is 11.3. The normalized spacial score (nSPS) is 19.5. The summed E-state index contributed by atoms with van der Waals surface area (Å²) in [7, 11) is 0. The average molecular weight is 391 g/mol. The van der Waals surface area contributed by atoms with Crippen molar-refractivity contribution >= 4 is 29.1 Å². The summed E-state index contributed by atoms with van der Waals surface area (Å²) in [5.74, 6) is 0.985. The molecule has 0 spiro atoms. The average Bonchev–Trinajstić information content (AvgIpc) is 2.67. The first-order chi connectivity index (χ1) is 13.0. The van der Waals surface area contributed by atoms with Gasteiger partial charge in [0.15, 0.2) is 0 Å². The third-order valence-corrected chi connectivity index (χ3v) is 5.18. The van der Waals surface area contributed by atoms with Crippen molar-refractivity contribution in [3.8, 4) is 0 Å². The molecule has 1 aromatic carbocycles. The first-order valence-corrected chi connectivity index (χ1v) is 9.39. The van der Waals surface area contributed by atoms with Crippen molar-refractivity contribution in [1.29, 1.82) is 0 Å². The number of hydrogen-bond acceptors (Lipinski definition) is 7. The predicted octanol–water partition coefficient (Wildman–Crippen LogP) is 3.58. The summed E-state index contributed by atoms with van der Waals surface area (Å²) in [6.45, 7) is 1.06. The molecule has 0 radical (unpaired) electrons. The Morgan fingerprint density at radius 2 is 1.96 bits per heavy atom. The van der Waals surface area contributed by atoms with Gasteiger partial charge in [-0.25, -0.2) is 4.98 Å². The minimum absolute atomic E-state index is 0.134. The van der Waals surface area contributed by atoms with E-state index in [4.69, 9.17) is 17.3 Å². The Balaban J connectivity index is 1.67. The molecule has 1 saturated carbocycles. The molecule has 1 aliphatic carbocycles. The highest BCUT2D eigenvalue weighted by Gasteiger charge is 2.21. The Kier molecular flexibility index (Phi) is 6.41. The molecule has 0 unspecified atom stereocenters. The fourth-order valence-corrected chi connectivity index (χ4v) is 3.38. The van der Waals surface area contributed by atoms with Crippen molar-refractivity contribution in [2.75, 3.05) is 17.2 Å². The minimum Gasteiger partial charge on any atom is -0.364 e. The number of anilines is 2. The standard InChI is InChI=1S/C18H23ClN6O2/c19-15-4-2-1-3-13(15)10-22-18-23-11-16(25(26)27)17(24-18)21-9-12-5-7-14(20)8-6-12/h1-4,11-12,14H,5-10,20H2,(H2,21,22,23,24)/t12-,14-. The van der Waals surface area contributed by atoms with E-state index < -0.39 is 4.92 Å². The van der Waals surface area contributed by atoms with Crippen molar-refractivity contribution in [2.24, 2.45) is 11.7 Å². The number of benzene rings is 1. The Morgan fingerprint density at radius 3 is 2.67 bits per heavy atom. The second-order valence-corrected chi connectivity index (χ2v) is 7.20. The van der Waals surface area contributed by atoms with Gasteiger partial charge in [0, 0.05) is 24.2 Å². The second-order valence-electron chi connectivity index (χ2n) is 6.79. The van der Waals surface area contributed by atoms with E-state index >= 15 is 0 Å². The van der Waals surface area contributed by atoms with E-state index in [-0.39, 0.29) is 17.5 Å². The highest BCUT2D eigenvalue weighted by molar-refractivity contribution is 6.31. The highest BCUT2D eigenvalue weighted by Crippen LogP contribution is 2.26. The lowest BCUT2D eigenvalue weighted by molar-refractivity contribution is -0.384. The van der Waals surface area contributed by atoms with Crippen molar-refractivity contribution in [2.45, 2.75) is 38.3 Å². The molecule has 0 bridgehead atoms. The van der Waals surface area contributed by atoms with Crippen LogP contribution in [0.5, 0.6) is 0 Å². The van der Waals surface area contributed by atoms with E-state index in [2.05, 4.69) is 20.6 Å². The van der Waals surface area contributed by atoms with Crippen LogP contribution in [0.2, 0.25) is 5.02 Å². The number of aromatic nitrogens is 2. The first kappa shape index (κ1) is 19.3. The molecule has 27 heavy (non-hydrogen) atoms. The monoisotopic (exact) mass is 390 g/mol. The number of nitrogens with zero attached hydrogens (tertiary/aromatic N) is 3. The lowest BCUT2D eigenvalue weighted by Crippen LogP contribution is -2.29. The number of nitrogens with two attached hydrogens (primary N) is 1. The number of nitrogens with one attached hydrogen (secondary N) is 2. The molecule has 1 aliphatic rings. The third-order valence-electron chi connectivity index (χ3n) is 4.81. The molecule has 8 nitrogen and oxygen atoms in total. The third kappa shape index (κ3) is 5.27. The van der Waals surface area contributed by atoms with Gasteiger partial charge in [0.1, 0.15) is 6.20 Å². The number of nitro groups is 1. The van der Waals surface area contributed by atoms with Crippen molar-refractivity contribution < 1.29 is 4.92 Å². The van der Waals surface area contributed by atoms with Gasteiger partial charge in [-0.1, -0.05) is 29.8 Å². The second kappa shape index (κ2) is 8.96. The van der Waals surface area contributed by atoms with Crippen LogP contribution >= 0.6 is 11.6 Å². The molecule has 4 N–H and O–H groups in total. The summed E-state index contributed by atoms with van der Waals surface area (Å²) in [5, 5.41) is 18.1. The molecule has 1 fully saturated rings. The van der Waals surface area contributed by atoms with Crippen LogP contribution < -0.4 is 16.4 Å². The number of rotatable bonds is 7. The molecule has 1 heterocycles. The molecule has 0 aliphatic heterocycles. The van der Waals surface area contributed by atoms with Crippen LogP contribution in [0.15, 0.2) is 30.5 Å². The van der Waals surface area contributed by atoms with Crippen LogP contribution in [-0.2, 0) is 6.54 Å². The van der Waals surface area contributed by atoms with E-state index in [1.165, 1.54) is 6.20 Å². The molecular weight excluding hydrogens is 368 g/mol. The zero-order valence-corrected chi connectivity index (χ0v) is 15.7. The Morgan fingerprint density at radius 1 is 1.22 bits per heavy atom. The molecule has 2 aromatic rings. The van der Waals surface area contributed by atoms with Gasteiger partial charge in [0.25, 0.3) is 0 Å². The van der Waals surface area contributed by atoms with Crippen LogP contribution in [0.4, 0.5) is 17.5 Å². The largest absolute Gasteiger partial charge is 0.364 e. The predicted molar refractivity (Wildman–Crippen MR) is 106 cm³/mol. The lowest BCUT2D eigenvalue weighted by Gasteiger charge is -2.26. The number of hydrogen-bond donors (Lipinski definition) is 3. The van der Waals surface area contributed by atoms with Gasteiger partial charge >= 0.3 is 5.69 Å². The van der Waals surface area contributed by atoms with Gasteiger partial charge in [-0.2, -0.15) is 4.98 Å². The fraction of sp³-hybridized carbons (Fsp3) is 0.444. The van der Waals surface area contributed by atoms with Crippen LogP contribution in [-0.4, -0.2) is 27.5 Å². The molecule has 3 rings (SSSR count). The Labute approximate surface area is 162 Å². The molecule has 0 atom stereocenters. The van der Waals surface area contributed by atoms with E-state index in [1.807, 2.05) is 18.2 Å². The van der Waals surface area contributed by atoms with Gasteiger partial charge in [0.05, 0.1) is 4.92 Å². The summed E-state index contributed by atoms with van der Waals surface area (Å²) in [5.41, 5.74) is 6.70. The van der Waals surface area contributed by atoms with Gasteiger partial charge in [-0.3, -0.25) is 10.1 Å². The zero-order chi connectivity index (χ0) is 19.2. The summed E-state index contributed by atoms with van der Waals surface area (Å²) >= 11 is 6.14. The van der Waals surface area contributed by atoms with Crippen molar-refractivity contribution in [3.63, 3.8) is 0 Å².